The maximum atomic E-state index is 5.43. The highest BCUT2D eigenvalue weighted by Crippen LogP contribution is 2.04. The number of aryl methyl sites for hydroxylation is 1. The monoisotopic (exact) mass is 263 g/mol. The van der Waals surface area contributed by atoms with Crippen molar-refractivity contribution in [1.82, 2.24) is 10.6 Å². The molecule has 0 heterocycles. The molecule has 3 heteroatoms. The van der Waals surface area contributed by atoms with Crippen LogP contribution in [0.25, 0.3) is 0 Å². The lowest BCUT2D eigenvalue weighted by atomic mass is 10.1. The molecule has 0 fully saturated rings. The number of hydrogen-bond donors (Lipinski definition) is 3. The van der Waals surface area contributed by atoms with Gasteiger partial charge in [-0.2, -0.15) is 0 Å². The van der Waals surface area contributed by atoms with Crippen LogP contribution in [-0.4, -0.2) is 26.2 Å². The second kappa shape index (κ2) is 11.0. The Morgan fingerprint density at radius 2 is 1.42 bits per heavy atom. The van der Waals surface area contributed by atoms with Crippen LogP contribution in [0, 0.1) is 0 Å². The molecule has 0 unspecified atom stereocenters. The van der Waals surface area contributed by atoms with E-state index in [0.29, 0.717) is 0 Å². The average Bonchev–Trinajstić information content (AvgIpc) is 2.46. The lowest BCUT2D eigenvalue weighted by Gasteiger charge is -2.06. The third-order valence-corrected chi connectivity index (χ3v) is 3.28. The van der Waals surface area contributed by atoms with E-state index in [1.807, 2.05) is 0 Å². The Labute approximate surface area is 118 Å². The molecule has 0 aliphatic rings. The van der Waals surface area contributed by atoms with E-state index in [2.05, 4.69) is 41.8 Å². The van der Waals surface area contributed by atoms with Gasteiger partial charge in [-0.05, 0) is 63.0 Å². The molecule has 1 rings (SSSR count). The van der Waals surface area contributed by atoms with Gasteiger partial charge >= 0.3 is 0 Å². The quantitative estimate of drug-likeness (QED) is 0.536. The van der Waals surface area contributed by atoms with Gasteiger partial charge < -0.3 is 16.4 Å². The number of nitrogens with one attached hydrogen (secondary N) is 2. The van der Waals surface area contributed by atoms with Gasteiger partial charge in [0.2, 0.25) is 0 Å². The van der Waals surface area contributed by atoms with E-state index in [0.717, 1.165) is 45.6 Å². The first-order valence-corrected chi connectivity index (χ1v) is 7.56. The van der Waals surface area contributed by atoms with Crippen molar-refractivity contribution in [3.63, 3.8) is 0 Å². The normalized spacial score (nSPS) is 10.8. The number of benzene rings is 1. The van der Waals surface area contributed by atoms with Gasteiger partial charge in [0.15, 0.2) is 0 Å². The summed E-state index contributed by atoms with van der Waals surface area (Å²) in [6, 6.07) is 8.89. The number of unbranched alkanes of at least 4 members (excludes halogenated alkanes) is 1. The first kappa shape index (κ1) is 16.2. The predicted molar refractivity (Wildman–Crippen MR) is 83.3 cm³/mol. The van der Waals surface area contributed by atoms with E-state index in [1.54, 1.807) is 0 Å². The van der Waals surface area contributed by atoms with Gasteiger partial charge in [-0.25, -0.2) is 0 Å². The van der Waals surface area contributed by atoms with Crippen molar-refractivity contribution < 1.29 is 0 Å². The SMILES string of the molecule is CCc1ccc(CNCCCCNCCCN)cc1. The summed E-state index contributed by atoms with van der Waals surface area (Å²) in [5.41, 5.74) is 8.22. The van der Waals surface area contributed by atoms with Crippen molar-refractivity contribution in [2.24, 2.45) is 5.73 Å². The molecule has 0 saturated heterocycles. The minimum Gasteiger partial charge on any atom is -0.330 e. The summed E-state index contributed by atoms with van der Waals surface area (Å²) in [6.45, 7) is 7.19. The third-order valence-electron chi connectivity index (χ3n) is 3.28. The van der Waals surface area contributed by atoms with Gasteiger partial charge in [-0.1, -0.05) is 31.2 Å². The molecule has 0 spiro atoms. The van der Waals surface area contributed by atoms with Gasteiger partial charge in [-0.3, -0.25) is 0 Å². The van der Waals surface area contributed by atoms with E-state index in [4.69, 9.17) is 5.73 Å². The minimum absolute atomic E-state index is 0.783. The highest BCUT2D eigenvalue weighted by Gasteiger charge is 1.94. The van der Waals surface area contributed by atoms with Gasteiger partial charge in [-0.15, -0.1) is 0 Å². The number of hydrogen-bond acceptors (Lipinski definition) is 3. The Balaban J connectivity index is 1.95. The highest BCUT2D eigenvalue weighted by atomic mass is 14.9. The second-order valence-electron chi connectivity index (χ2n) is 4.95. The van der Waals surface area contributed by atoms with Crippen LogP contribution in [0.5, 0.6) is 0 Å². The Morgan fingerprint density at radius 3 is 2.05 bits per heavy atom. The zero-order chi connectivity index (χ0) is 13.8. The van der Waals surface area contributed by atoms with E-state index < -0.39 is 0 Å². The van der Waals surface area contributed by atoms with Crippen LogP contribution >= 0.6 is 0 Å². The molecular weight excluding hydrogens is 234 g/mol. The van der Waals surface area contributed by atoms with Crippen LogP contribution in [0.4, 0.5) is 0 Å². The van der Waals surface area contributed by atoms with E-state index >= 15 is 0 Å². The van der Waals surface area contributed by atoms with Gasteiger partial charge in [0.1, 0.15) is 0 Å². The van der Waals surface area contributed by atoms with Crippen LogP contribution in [0.3, 0.4) is 0 Å². The molecule has 0 atom stereocenters. The van der Waals surface area contributed by atoms with E-state index in [1.165, 1.54) is 24.0 Å². The summed E-state index contributed by atoms with van der Waals surface area (Å²) in [7, 11) is 0. The first-order valence-electron chi connectivity index (χ1n) is 7.56. The lowest BCUT2D eigenvalue weighted by Crippen LogP contribution is -2.21. The van der Waals surface area contributed by atoms with Crippen molar-refractivity contribution >= 4 is 0 Å². The maximum Gasteiger partial charge on any atom is 0.0205 e. The fraction of sp³-hybridized carbons (Fsp3) is 0.625. The molecule has 108 valence electrons. The standard InChI is InChI=1S/C16H29N3/c1-2-15-6-8-16(9-7-15)14-19-12-4-3-11-18-13-5-10-17/h6-9,18-19H,2-5,10-14,17H2,1H3. The smallest absolute Gasteiger partial charge is 0.0205 e. The summed E-state index contributed by atoms with van der Waals surface area (Å²) in [6.07, 6.45) is 4.64. The first-order chi connectivity index (χ1) is 9.36. The zero-order valence-electron chi connectivity index (χ0n) is 12.3. The van der Waals surface area contributed by atoms with Crippen LogP contribution < -0.4 is 16.4 Å². The molecule has 4 N–H and O–H groups in total. The number of nitrogens with two attached hydrogens (primary N) is 1. The Morgan fingerprint density at radius 1 is 0.842 bits per heavy atom. The molecule has 0 aliphatic carbocycles. The van der Waals surface area contributed by atoms with Crippen molar-refractivity contribution in [2.75, 3.05) is 26.2 Å². The predicted octanol–water partition coefficient (Wildman–Crippen LogP) is 2.06. The Hall–Kier alpha value is -0.900. The zero-order valence-corrected chi connectivity index (χ0v) is 12.3. The largest absolute Gasteiger partial charge is 0.330 e. The van der Waals surface area contributed by atoms with Gasteiger partial charge in [0.25, 0.3) is 0 Å². The highest BCUT2D eigenvalue weighted by molar-refractivity contribution is 5.22. The summed E-state index contributed by atoms with van der Waals surface area (Å²) in [4.78, 5) is 0. The van der Waals surface area contributed by atoms with E-state index in [9.17, 15) is 0 Å². The van der Waals surface area contributed by atoms with Crippen LogP contribution in [0.1, 0.15) is 37.3 Å². The summed E-state index contributed by atoms with van der Waals surface area (Å²) >= 11 is 0. The molecular formula is C16H29N3. The molecule has 0 saturated carbocycles. The molecule has 0 radical (unpaired) electrons. The second-order valence-corrected chi connectivity index (χ2v) is 4.95. The van der Waals surface area contributed by atoms with Crippen molar-refractivity contribution in [3.05, 3.63) is 35.4 Å². The number of rotatable bonds is 11. The molecule has 0 aromatic heterocycles. The summed E-state index contributed by atoms with van der Waals surface area (Å²) < 4.78 is 0. The molecule has 1 aromatic carbocycles. The van der Waals surface area contributed by atoms with Crippen molar-refractivity contribution in [2.45, 2.75) is 39.2 Å². The van der Waals surface area contributed by atoms with Crippen LogP contribution in [0.2, 0.25) is 0 Å². The van der Waals surface area contributed by atoms with Crippen molar-refractivity contribution in [3.8, 4) is 0 Å². The average molecular weight is 263 g/mol. The molecule has 3 nitrogen and oxygen atoms in total. The Bertz CT molecular complexity index is 308. The van der Waals surface area contributed by atoms with E-state index in [-0.39, 0.29) is 0 Å². The molecule has 1 aromatic rings. The van der Waals surface area contributed by atoms with Crippen molar-refractivity contribution in [1.29, 1.82) is 0 Å². The minimum atomic E-state index is 0.783. The topological polar surface area (TPSA) is 50.1 Å². The molecule has 0 amide bonds. The Kier molecular flexibility index (Phi) is 9.33. The fourth-order valence-electron chi connectivity index (χ4n) is 1.98. The lowest BCUT2D eigenvalue weighted by molar-refractivity contribution is 0.575. The fourth-order valence-corrected chi connectivity index (χ4v) is 1.98. The maximum absolute atomic E-state index is 5.43. The third kappa shape index (κ3) is 7.98. The van der Waals surface area contributed by atoms with Gasteiger partial charge in [0.05, 0.1) is 0 Å². The summed E-state index contributed by atoms with van der Waals surface area (Å²) in [5.74, 6) is 0. The summed E-state index contributed by atoms with van der Waals surface area (Å²) in [5, 5.41) is 6.89. The van der Waals surface area contributed by atoms with Crippen LogP contribution in [-0.2, 0) is 13.0 Å². The van der Waals surface area contributed by atoms with Gasteiger partial charge in [0, 0.05) is 6.54 Å². The molecule has 0 aliphatic heterocycles. The molecule has 19 heavy (non-hydrogen) atoms. The van der Waals surface area contributed by atoms with Crippen LogP contribution in [0.15, 0.2) is 24.3 Å². The molecule has 0 bridgehead atoms.